The molecule has 1 atom stereocenters. The molecule has 1 amide bonds. The lowest BCUT2D eigenvalue weighted by molar-refractivity contribution is -0.154. The van der Waals surface area contributed by atoms with Crippen molar-refractivity contribution in [3.8, 4) is 0 Å². The normalized spacial score (nSPS) is 19.0. The molecule has 4 nitrogen and oxygen atoms in total. The van der Waals surface area contributed by atoms with E-state index in [4.69, 9.17) is 9.73 Å². The van der Waals surface area contributed by atoms with E-state index in [2.05, 4.69) is 0 Å². The summed E-state index contributed by atoms with van der Waals surface area (Å²) in [5.41, 5.74) is 3.56. The molecule has 0 saturated heterocycles. The quantitative estimate of drug-likeness (QED) is 0.353. The second-order valence-corrected chi connectivity index (χ2v) is 8.36. The minimum absolute atomic E-state index is 0.225. The van der Waals surface area contributed by atoms with E-state index in [1.54, 1.807) is 12.0 Å². The first kappa shape index (κ1) is 22.5. The molecule has 35 heavy (non-hydrogen) atoms. The molecule has 0 radical (unpaired) electrons. The molecule has 1 heterocycles. The average Bonchev–Trinajstić information content (AvgIpc) is 2.93. The van der Waals surface area contributed by atoms with Gasteiger partial charge in [-0.15, -0.1) is 0 Å². The first-order valence-corrected chi connectivity index (χ1v) is 11.6. The van der Waals surface area contributed by atoms with Crippen LogP contribution in [0.1, 0.15) is 22.3 Å². The zero-order valence-electron chi connectivity index (χ0n) is 19.5. The van der Waals surface area contributed by atoms with Crippen LogP contribution in [-0.2, 0) is 21.8 Å². The number of carbonyl (C=O) groups excluding carboxylic acids is 1. The predicted molar refractivity (Wildman–Crippen MR) is 140 cm³/mol. The lowest BCUT2D eigenvalue weighted by Crippen LogP contribution is -2.52. The van der Waals surface area contributed by atoms with Gasteiger partial charge in [0, 0.05) is 18.2 Å². The van der Waals surface area contributed by atoms with Crippen molar-refractivity contribution >= 4 is 17.7 Å². The van der Waals surface area contributed by atoms with Gasteiger partial charge in [-0.25, -0.2) is 4.99 Å². The Bertz CT molecular complexity index is 1350. The minimum Gasteiger partial charge on any atom is -0.346 e. The fraction of sp³-hybridized carbons (Fsp3) is 0.0968. The summed E-state index contributed by atoms with van der Waals surface area (Å²) in [6, 6.07) is 39.5. The minimum atomic E-state index is -1.49. The van der Waals surface area contributed by atoms with Gasteiger partial charge in [-0.1, -0.05) is 121 Å². The van der Waals surface area contributed by atoms with Crippen LogP contribution in [0.2, 0.25) is 0 Å². The van der Waals surface area contributed by atoms with Crippen molar-refractivity contribution in [3.63, 3.8) is 0 Å². The van der Waals surface area contributed by atoms with Crippen molar-refractivity contribution in [3.05, 3.63) is 149 Å². The predicted octanol–water partition coefficient (Wildman–Crippen LogP) is 6.06. The number of allylic oxidation sites excluding steroid dienone is 1. The number of hydrogen-bond acceptors (Lipinski definition) is 3. The van der Waals surface area contributed by atoms with Gasteiger partial charge in [-0.05, 0) is 17.2 Å². The highest BCUT2D eigenvalue weighted by Gasteiger charge is 2.49. The van der Waals surface area contributed by atoms with Crippen LogP contribution in [0.3, 0.4) is 0 Å². The Kier molecular flexibility index (Phi) is 6.38. The summed E-state index contributed by atoms with van der Waals surface area (Å²) >= 11 is 0. The van der Waals surface area contributed by atoms with E-state index in [1.165, 1.54) is 0 Å². The van der Waals surface area contributed by atoms with Crippen molar-refractivity contribution in [1.82, 2.24) is 4.90 Å². The second-order valence-electron chi connectivity index (χ2n) is 8.36. The lowest BCUT2D eigenvalue weighted by Gasteiger charge is -2.40. The molecule has 0 aromatic heterocycles. The summed E-state index contributed by atoms with van der Waals surface area (Å²) in [4.78, 5) is 21.2. The molecule has 0 N–H and O–H groups in total. The largest absolute Gasteiger partial charge is 0.346 e. The summed E-state index contributed by atoms with van der Waals surface area (Å²) in [5.74, 6) is -0.225. The van der Waals surface area contributed by atoms with Crippen molar-refractivity contribution in [2.45, 2.75) is 12.3 Å². The van der Waals surface area contributed by atoms with Crippen molar-refractivity contribution < 1.29 is 9.53 Å². The van der Waals surface area contributed by atoms with Crippen LogP contribution in [0, 0.1) is 0 Å². The summed E-state index contributed by atoms with van der Waals surface area (Å²) in [6.07, 6.45) is 2.03. The second kappa shape index (κ2) is 9.92. The first-order valence-electron chi connectivity index (χ1n) is 11.6. The molecule has 1 unspecified atom stereocenters. The molecular weight excluding hydrogens is 432 g/mol. The standard InChI is InChI=1S/C31H26N2O2/c1-35-31(27-20-12-5-13-21-27)30(34)33(23-25-16-8-3-9-17-25)28(22-24-14-6-2-7-15-24)29(32-31)26-18-10-4-11-19-26/h2-22H,23H2,1H3/b28-22-. The maximum Gasteiger partial charge on any atom is 0.287 e. The molecule has 4 aromatic rings. The Labute approximate surface area is 205 Å². The Morgan fingerprint density at radius 1 is 0.771 bits per heavy atom. The first-order chi connectivity index (χ1) is 17.2. The van der Waals surface area contributed by atoms with Crippen molar-refractivity contribution in [2.24, 2.45) is 4.99 Å². The smallest absolute Gasteiger partial charge is 0.287 e. The molecule has 4 aromatic carbocycles. The zero-order valence-corrected chi connectivity index (χ0v) is 19.5. The summed E-state index contributed by atoms with van der Waals surface area (Å²) in [6.45, 7) is 0.391. The molecule has 172 valence electrons. The number of benzene rings is 4. The zero-order chi connectivity index (χ0) is 24.1. The Morgan fingerprint density at radius 2 is 1.31 bits per heavy atom. The van der Waals surface area contributed by atoms with Gasteiger partial charge >= 0.3 is 0 Å². The number of nitrogens with zero attached hydrogens (tertiary/aromatic N) is 2. The van der Waals surface area contributed by atoms with E-state index in [9.17, 15) is 4.79 Å². The Hall–Kier alpha value is -4.28. The monoisotopic (exact) mass is 458 g/mol. The van der Waals surface area contributed by atoms with Crippen LogP contribution in [-0.4, -0.2) is 23.6 Å². The molecular formula is C31H26N2O2. The van der Waals surface area contributed by atoms with Crippen molar-refractivity contribution in [1.29, 1.82) is 0 Å². The van der Waals surface area contributed by atoms with Crippen LogP contribution >= 0.6 is 0 Å². The summed E-state index contributed by atoms with van der Waals surface area (Å²) in [5, 5.41) is 0. The van der Waals surface area contributed by atoms with Crippen LogP contribution < -0.4 is 0 Å². The van der Waals surface area contributed by atoms with Gasteiger partial charge in [0.15, 0.2) is 0 Å². The fourth-order valence-electron chi connectivity index (χ4n) is 4.37. The Balaban J connectivity index is 1.77. The van der Waals surface area contributed by atoms with Crippen molar-refractivity contribution in [2.75, 3.05) is 7.11 Å². The van der Waals surface area contributed by atoms with E-state index < -0.39 is 5.72 Å². The Morgan fingerprint density at radius 3 is 1.91 bits per heavy atom. The number of aliphatic imine (C=N–C) groups is 1. The van der Waals surface area contributed by atoms with Gasteiger partial charge in [0.2, 0.25) is 0 Å². The third-order valence-electron chi connectivity index (χ3n) is 6.13. The topological polar surface area (TPSA) is 41.9 Å². The molecule has 1 aliphatic heterocycles. The summed E-state index contributed by atoms with van der Waals surface area (Å²) < 4.78 is 5.99. The number of ether oxygens (including phenoxy) is 1. The van der Waals surface area contributed by atoms with Gasteiger partial charge < -0.3 is 9.64 Å². The molecule has 1 aliphatic rings. The third-order valence-corrected chi connectivity index (χ3v) is 6.13. The van der Waals surface area contributed by atoms with E-state index in [0.717, 1.165) is 22.4 Å². The molecule has 5 rings (SSSR count). The van der Waals surface area contributed by atoms with Crippen LogP contribution in [0.4, 0.5) is 0 Å². The molecule has 0 bridgehead atoms. The SMILES string of the molecule is COC1(c2ccccc2)N=C(c2ccccc2)/C(=C/c2ccccc2)N(Cc2ccccc2)C1=O. The highest BCUT2D eigenvalue weighted by molar-refractivity contribution is 6.19. The summed E-state index contributed by atoms with van der Waals surface area (Å²) in [7, 11) is 1.55. The number of rotatable bonds is 6. The van der Waals surface area contributed by atoms with Crippen LogP contribution in [0.25, 0.3) is 6.08 Å². The van der Waals surface area contributed by atoms with E-state index >= 15 is 0 Å². The highest BCUT2D eigenvalue weighted by atomic mass is 16.5. The number of carbonyl (C=O) groups is 1. The fourth-order valence-corrected chi connectivity index (χ4v) is 4.37. The van der Waals surface area contributed by atoms with E-state index in [-0.39, 0.29) is 5.91 Å². The molecule has 0 aliphatic carbocycles. The third kappa shape index (κ3) is 4.44. The van der Waals surface area contributed by atoms with Gasteiger partial charge in [0.1, 0.15) is 0 Å². The molecule has 4 heteroatoms. The molecule has 0 spiro atoms. The lowest BCUT2D eigenvalue weighted by atomic mass is 9.94. The van der Waals surface area contributed by atoms with Crippen LogP contribution in [0.5, 0.6) is 0 Å². The number of methoxy groups -OCH3 is 1. The maximum absolute atomic E-state index is 14.3. The number of amides is 1. The molecule has 0 saturated carbocycles. The van der Waals surface area contributed by atoms with Crippen LogP contribution in [0.15, 0.2) is 132 Å². The van der Waals surface area contributed by atoms with Gasteiger partial charge in [-0.3, -0.25) is 4.79 Å². The molecule has 0 fully saturated rings. The van der Waals surface area contributed by atoms with Gasteiger partial charge in [0.25, 0.3) is 11.6 Å². The average molecular weight is 459 g/mol. The van der Waals surface area contributed by atoms with Gasteiger partial charge in [-0.2, -0.15) is 0 Å². The number of hydrogen-bond donors (Lipinski definition) is 0. The van der Waals surface area contributed by atoms with E-state index in [0.29, 0.717) is 17.8 Å². The highest BCUT2D eigenvalue weighted by Crippen LogP contribution is 2.38. The van der Waals surface area contributed by atoms with Gasteiger partial charge in [0.05, 0.1) is 18.0 Å². The maximum atomic E-state index is 14.3. The van der Waals surface area contributed by atoms with E-state index in [1.807, 2.05) is 127 Å².